The molecule has 0 unspecified atom stereocenters. The van der Waals surface area contributed by atoms with Gasteiger partial charge < -0.3 is 14.2 Å². The first-order valence-corrected chi connectivity index (χ1v) is 9.11. The van der Waals surface area contributed by atoms with Gasteiger partial charge in [-0.2, -0.15) is 0 Å². The van der Waals surface area contributed by atoms with E-state index in [0.717, 1.165) is 17.1 Å². The van der Waals surface area contributed by atoms with E-state index in [0.29, 0.717) is 23.0 Å². The number of benzene rings is 4. The van der Waals surface area contributed by atoms with Crippen LogP contribution in [0.2, 0.25) is 0 Å². The van der Waals surface area contributed by atoms with Crippen molar-refractivity contribution in [2.45, 2.75) is 6.92 Å². The fourth-order valence-corrected chi connectivity index (χ4v) is 2.80. The van der Waals surface area contributed by atoms with Gasteiger partial charge in [0.15, 0.2) is 11.5 Å². The van der Waals surface area contributed by atoms with Crippen molar-refractivity contribution >= 4 is 0 Å². The van der Waals surface area contributed by atoms with Crippen LogP contribution < -0.4 is 14.2 Å². The molecule has 0 N–H and O–H groups in total. The summed E-state index contributed by atoms with van der Waals surface area (Å²) in [4.78, 5) is 0. The molecule has 4 aromatic rings. The zero-order valence-electron chi connectivity index (χ0n) is 15.5. The summed E-state index contributed by atoms with van der Waals surface area (Å²) in [6.45, 7) is 2.00. The molecule has 0 atom stereocenters. The Hall–Kier alpha value is -3.72. The molecule has 0 fully saturated rings. The molecule has 0 bridgehead atoms. The van der Waals surface area contributed by atoms with Gasteiger partial charge in [0.2, 0.25) is 5.75 Å². The highest BCUT2D eigenvalue weighted by Gasteiger charge is 2.17. The van der Waals surface area contributed by atoms with E-state index in [9.17, 15) is 0 Å². The lowest BCUT2D eigenvalue weighted by molar-refractivity contribution is 0.386. The zero-order valence-corrected chi connectivity index (χ0v) is 15.5. The van der Waals surface area contributed by atoms with Crippen LogP contribution in [0.5, 0.6) is 34.5 Å². The maximum Gasteiger partial charge on any atom is 0.212 e. The maximum absolute atomic E-state index is 6.19. The zero-order chi connectivity index (χ0) is 19.2. The smallest absolute Gasteiger partial charge is 0.212 e. The van der Waals surface area contributed by atoms with E-state index in [1.165, 1.54) is 0 Å². The summed E-state index contributed by atoms with van der Waals surface area (Å²) in [6, 6.07) is 32.8. The van der Waals surface area contributed by atoms with Crippen molar-refractivity contribution in [3.05, 3.63) is 109 Å². The standard InChI is InChI=1S/C25H20O3/c1-19-17-23(26-20-11-5-2-6-12-20)25(28-22-15-9-4-10-16-22)24(18-19)27-21-13-7-3-8-14-21/h2-18H,1H3. The molecule has 3 heteroatoms. The lowest BCUT2D eigenvalue weighted by Crippen LogP contribution is -1.95. The van der Waals surface area contributed by atoms with Gasteiger partial charge in [0, 0.05) is 0 Å². The van der Waals surface area contributed by atoms with E-state index in [1.54, 1.807) is 0 Å². The largest absolute Gasteiger partial charge is 0.453 e. The van der Waals surface area contributed by atoms with Gasteiger partial charge >= 0.3 is 0 Å². The second-order valence-electron chi connectivity index (χ2n) is 6.34. The number of hydrogen-bond donors (Lipinski definition) is 0. The van der Waals surface area contributed by atoms with Gasteiger partial charge in [-0.1, -0.05) is 54.6 Å². The highest BCUT2D eigenvalue weighted by molar-refractivity contribution is 5.57. The minimum atomic E-state index is 0.532. The molecule has 4 rings (SSSR count). The van der Waals surface area contributed by atoms with Crippen molar-refractivity contribution in [2.24, 2.45) is 0 Å². The number of rotatable bonds is 6. The van der Waals surface area contributed by atoms with Crippen molar-refractivity contribution in [3.8, 4) is 34.5 Å². The van der Waals surface area contributed by atoms with E-state index in [1.807, 2.05) is 110 Å². The molecular weight excluding hydrogens is 348 g/mol. The van der Waals surface area contributed by atoms with Gasteiger partial charge in [-0.15, -0.1) is 0 Å². The minimum Gasteiger partial charge on any atom is -0.453 e. The topological polar surface area (TPSA) is 27.7 Å². The molecule has 0 saturated carbocycles. The van der Waals surface area contributed by atoms with Crippen LogP contribution in [-0.2, 0) is 0 Å². The Morgan fingerprint density at radius 1 is 0.464 bits per heavy atom. The summed E-state index contributed by atoms with van der Waals surface area (Å²) in [5.41, 5.74) is 1.01. The average molecular weight is 368 g/mol. The van der Waals surface area contributed by atoms with Gasteiger partial charge in [0.1, 0.15) is 17.2 Å². The van der Waals surface area contributed by atoms with E-state index < -0.39 is 0 Å². The monoisotopic (exact) mass is 368 g/mol. The molecule has 0 amide bonds. The van der Waals surface area contributed by atoms with Crippen molar-refractivity contribution < 1.29 is 14.2 Å². The summed E-state index contributed by atoms with van der Waals surface area (Å²) >= 11 is 0. The van der Waals surface area contributed by atoms with Crippen LogP contribution in [0.1, 0.15) is 5.56 Å². The third-order valence-corrected chi connectivity index (χ3v) is 4.07. The first kappa shape index (κ1) is 17.7. The SMILES string of the molecule is Cc1cc(Oc2ccccc2)c(Oc2ccccc2)c(Oc2ccccc2)c1. The summed E-state index contributed by atoms with van der Waals surface area (Å²) in [5, 5.41) is 0. The van der Waals surface area contributed by atoms with Gasteiger partial charge in [-0.25, -0.2) is 0 Å². The van der Waals surface area contributed by atoms with Crippen LogP contribution in [0.3, 0.4) is 0 Å². The highest BCUT2D eigenvalue weighted by atomic mass is 16.5. The Balaban J connectivity index is 1.77. The molecular formula is C25H20O3. The molecule has 0 radical (unpaired) electrons. The normalized spacial score (nSPS) is 10.3. The fraction of sp³-hybridized carbons (Fsp3) is 0.0400. The van der Waals surface area contributed by atoms with Crippen LogP contribution in [0.25, 0.3) is 0 Å². The Morgan fingerprint density at radius 2 is 0.821 bits per heavy atom. The molecule has 138 valence electrons. The Bertz CT molecular complexity index is 967. The van der Waals surface area contributed by atoms with Crippen molar-refractivity contribution in [1.82, 2.24) is 0 Å². The lowest BCUT2D eigenvalue weighted by Gasteiger charge is -2.17. The highest BCUT2D eigenvalue weighted by Crippen LogP contribution is 2.44. The molecule has 0 saturated heterocycles. The summed E-state index contributed by atoms with van der Waals surface area (Å²) in [5.74, 6) is 3.90. The van der Waals surface area contributed by atoms with Crippen LogP contribution in [0, 0.1) is 6.92 Å². The minimum absolute atomic E-state index is 0.532. The van der Waals surface area contributed by atoms with Gasteiger partial charge in [0.25, 0.3) is 0 Å². The second kappa shape index (κ2) is 8.31. The van der Waals surface area contributed by atoms with Crippen LogP contribution >= 0.6 is 0 Å². The van der Waals surface area contributed by atoms with Crippen molar-refractivity contribution in [2.75, 3.05) is 0 Å². The predicted octanol–water partition coefficient (Wildman–Crippen LogP) is 7.37. The lowest BCUT2D eigenvalue weighted by atomic mass is 10.2. The fourth-order valence-electron chi connectivity index (χ4n) is 2.80. The molecule has 28 heavy (non-hydrogen) atoms. The Labute approximate surface area is 164 Å². The molecule has 4 aromatic carbocycles. The Kier molecular flexibility index (Phi) is 5.25. The number of ether oxygens (including phenoxy) is 3. The molecule has 0 heterocycles. The molecule has 3 nitrogen and oxygen atoms in total. The van der Waals surface area contributed by atoms with Crippen LogP contribution in [0.4, 0.5) is 0 Å². The molecule has 0 aromatic heterocycles. The van der Waals surface area contributed by atoms with Gasteiger partial charge in [-0.3, -0.25) is 0 Å². The third kappa shape index (κ3) is 4.33. The Morgan fingerprint density at radius 3 is 1.21 bits per heavy atom. The van der Waals surface area contributed by atoms with Crippen molar-refractivity contribution in [3.63, 3.8) is 0 Å². The maximum atomic E-state index is 6.19. The van der Waals surface area contributed by atoms with E-state index in [4.69, 9.17) is 14.2 Å². The quantitative estimate of drug-likeness (QED) is 0.355. The molecule has 0 aliphatic heterocycles. The summed E-state index contributed by atoms with van der Waals surface area (Å²) in [7, 11) is 0. The van der Waals surface area contributed by atoms with Crippen LogP contribution in [-0.4, -0.2) is 0 Å². The first-order valence-electron chi connectivity index (χ1n) is 9.11. The number of hydrogen-bond acceptors (Lipinski definition) is 3. The summed E-state index contributed by atoms with van der Waals surface area (Å²) < 4.78 is 18.5. The van der Waals surface area contributed by atoms with E-state index in [2.05, 4.69) is 0 Å². The summed E-state index contributed by atoms with van der Waals surface area (Å²) in [6.07, 6.45) is 0. The third-order valence-electron chi connectivity index (χ3n) is 4.07. The molecule has 0 aliphatic rings. The first-order chi connectivity index (χ1) is 13.8. The van der Waals surface area contributed by atoms with E-state index >= 15 is 0 Å². The number of aryl methyl sites for hydroxylation is 1. The molecule has 0 aliphatic carbocycles. The van der Waals surface area contributed by atoms with E-state index in [-0.39, 0.29) is 0 Å². The van der Waals surface area contributed by atoms with Gasteiger partial charge in [0.05, 0.1) is 0 Å². The number of para-hydroxylation sites is 3. The second-order valence-corrected chi connectivity index (χ2v) is 6.34. The van der Waals surface area contributed by atoms with Crippen LogP contribution in [0.15, 0.2) is 103 Å². The average Bonchev–Trinajstić information content (AvgIpc) is 2.73. The van der Waals surface area contributed by atoms with Gasteiger partial charge in [-0.05, 0) is 61.0 Å². The predicted molar refractivity (Wildman–Crippen MR) is 111 cm³/mol. The molecule has 0 spiro atoms. The van der Waals surface area contributed by atoms with Crippen molar-refractivity contribution in [1.29, 1.82) is 0 Å².